The third-order valence-electron chi connectivity index (χ3n) is 2.45. The number of phenols is 1. The standard InChI is InChI=1S/C13H14ClNO5.Na/c1-7(5-11(17)20-2)15-12(13(18)19)8-3-4-10(16)9(14)6-8;/h3-6,12,15-16H,1-2H3,(H,18,19);/q;+1/p-1. The minimum absolute atomic E-state index is 0. The molecule has 21 heavy (non-hydrogen) atoms. The Balaban J connectivity index is 0.00000400. The predicted molar refractivity (Wildman–Crippen MR) is 69.8 cm³/mol. The van der Waals surface area contributed by atoms with Crippen LogP contribution in [0.1, 0.15) is 18.5 Å². The number of allylic oxidation sites excluding steroid dienone is 1. The van der Waals surface area contributed by atoms with Gasteiger partial charge in [0.05, 0.1) is 24.1 Å². The van der Waals surface area contributed by atoms with E-state index in [4.69, 9.17) is 11.6 Å². The molecular weight excluding hydrogens is 309 g/mol. The molecule has 0 radical (unpaired) electrons. The van der Waals surface area contributed by atoms with E-state index in [0.29, 0.717) is 0 Å². The maximum absolute atomic E-state index is 11.2. The van der Waals surface area contributed by atoms with Gasteiger partial charge in [-0.1, -0.05) is 17.7 Å². The Morgan fingerprint density at radius 3 is 2.57 bits per heavy atom. The molecule has 0 saturated heterocycles. The summed E-state index contributed by atoms with van der Waals surface area (Å²) >= 11 is 5.73. The quantitative estimate of drug-likeness (QED) is 0.354. The Bertz CT molecular complexity index is 561. The second kappa shape index (κ2) is 8.94. The van der Waals surface area contributed by atoms with Crippen LogP contribution in [0.15, 0.2) is 30.0 Å². The molecule has 0 amide bonds. The van der Waals surface area contributed by atoms with Gasteiger partial charge in [-0.2, -0.15) is 0 Å². The molecule has 0 aliphatic heterocycles. The third-order valence-corrected chi connectivity index (χ3v) is 2.75. The van der Waals surface area contributed by atoms with E-state index in [1.54, 1.807) is 0 Å². The van der Waals surface area contributed by atoms with Crippen LogP contribution in [0.4, 0.5) is 0 Å². The Kier molecular flexibility index (Phi) is 8.43. The van der Waals surface area contributed by atoms with Gasteiger partial charge in [0.25, 0.3) is 0 Å². The number of esters is 1. The van der Waals surface area contributed by atoms with Crippen molar-refractivity contribution >= 4 is 23.5 Å². The van der Waals surface area contributed by atoms with Crippen LogP contribution in [0.3, 0.4) is 0 Å². The summed E-state index contributed by atoms with van der Waals surface area (Å²) in [5.74, 6) is -2.17. The number of aliphatic carboxylic acids is 1. The molecule has 0 aliphatic rings. The van der Waals surface area contributed by atoms with E-state index >= 15 is 0 Å². The number of rotatable bonds is 5. The third kappa shape index (κ3) is 5.97. The topological polar surface area (TPSA) is 98.7 Å². The van der Waals surface area contributed by atoms with Crippen LogP contribution < -0.4 is 40.0 Å². The maximum Gasteiger partial charge on any atom is 1.00 e. The molecule has 0 aliphatic carbocycles. The smallest absolute Gasteiger partial charge is 0.548 e. The fourth-order valence-corrected chi connectivity index (χ4v) is 1.68. The van der Waals surface area contributed by atoms with Gasteiger partial charge in [-0.15, -0.1) is 0 Å². The van der Waals surface area contributed by atoms with Crippen molar-refractivity contribution < 1.29 is 54.1 Å². The van der Waals surface area contributed by atoms with Crippen molar-refractivity contribution in [2.24, 2.45) is 0 Å². The first-order valence-electron chi connectivity index (χ1n) is 5.57. The van der Waals surface area contributed by atoms with Gasteiger partial charge in [-0.3, -0.25) is 0 Å². The summed E-state index contributed by atoms with van der Waals surface area (Å²) < 4.78 is 4.43. The molecule has 6 nitrogen and oxygen atoms in total. The average molecular weight is 322 g/mol. The van der Waals surface area contributed by atoms with E-state index in [1.807, 2.05) is 0 Å². The Hall–Kier alpha value is -1.21. The van der Waals surface area contributed by atoms with Crippen LogP contribution >= 0.6 is 11.6 Å². The number of carboxylic acids is 1. The maximum atomic E-state index is 11.2. The Morgan fingerprint density at radius 2 is 2.10 bits per heavy atom. The van der Waals surface area contributed by atoms with Gasteiger partial charge < -0.3 is 25.1 Å². The first-order valence-corrected chi connectivity index (χ1v) is 5.95. The number of phenolic OH excluding ortho intramolecular Hbond substituents is 1. The van der Waals surface area contributed by atoms with E-state index in [-0.39, 0.29) is 51.6 Å². The number of methoxy groups -OCH3 is 1. The number of aromatic hydroxyl groups is 1. The van der Waals surface area contributed by atoms with Crippen molar-refractivity contribution in [1.82, 2.24) is 5.32 Å². The summed E-state index contributed by atoms with van der Waals surface area (Å²) in [5, 5.41) is 23.1. The number of benzene rings is 1. The summed E-state index contributed by atoms with van der Waals surface area (Å²) in [6, 6.07) is 2.75. The molecule has 1 rings (SSSR count). The monoisotopic (exact) mass is 321 g/mol. The van der Waals surface area contributed by atoms with Gasteiger partial charge in [-0.25, -0.2) is 4.79 Å². The van der Waals surface area contributed by atoms with Crippen LogP contribution in [0.5, 0.6) is 5.75 Å². The summed E-state index contributed by atoms with van der Waals surface area (Å²) in [4.78, 5) is 22.2. The summed E-state index contributed by atoms with van der Waals surface area (Å²) in [6.45, 7) is 1.51. The minimum atomic E-state index is -1.40. The SMILES string of the molecule is COC(=O)C=C(C)NC(C(=O)[O-])c1ccc(O)c(Cl)c1.[Na+]. The molecule has 1 aromatic carbocycles. The van der Waals surface area contributed by atoms with Gasteiger partial charge in [0.15, 0.2) is 0 Å². The normalized spacial score (nSPS) is 12.0. The Labute approximate surface area is 149 Å². The number of carbonyl (C=O) groups excluding carboxylic acids is 2. The van der Waals surface area contributed by atoms with Crippen LogP contribution in [0.2, 0.25) is 5.02 Å². The number of halogens is 1. The summed E-state index contributed by atoms with van der Waals surface area (Å²) in [6.07, 6.45) is 1.11. The van der Waals surface area contributed by atoms with Gasteiger partial charge in [0, 0.05) is 11.8 Å². The van der Waals surface area contributed by atoms with Crippen molar-refractivity contribution in [1.29, 1.82) is 0 Å². The summed E-state index contributed by atoms with van der Waals surface area (Å²) in [5.41, 5.74) is 0.570. The molecule has 1 aromatic rings. The molecule has 108 valence electrons. The first-order chi connectivity index (χ1) is 9.35. The van der Waals surface area contributed by atoms with E-state index in [2.05, 4.69) is 10.1 Å². The Morgan fingerprint density at radius 1 is 1.48 bits per heavy atom. The van der Waals surface area contributed by atoms with Crippen LogP contribution in [-0.4, -0.2) is 24.2 Å². The zero-order valence-electron chi connectivity index (χ0n) is 11.8. The number of carbonyl (C=O) groups is 2. The van der Waals surface area contributed by atoms with Gasteiger partial charge in [-0.05, 0) is 24.6 Å². The largest absolute Gasteiger partial charge is 1.00 e. The minimum Gasteiger partial charge on any atom is -0.548 e. The molecule has 0 saturated carbocycles. The molecule has 8 heteroatoms. The first kappa shape index (κ1) is 19.8. The van der Waals surface area contributed by atoms with Gasteiger partial charge in [0.2, 0.25) is 0 Å². The second-order valence-electron chi connectivity index (χ2n) is 3.96. The number of hydrogen-bond donors (Lipinski definition) is 2. The second-order valence-corrected chi connectivity index (χ2v) is 4.36. The number of nitrogens with one attached hydrogen (secondary N) is 1. The van der Waals surface area contributed by atoms with Crippen LogP contribution in [0.25, 0.3) is 0 Å². The number of ether oxygens (including phenoxy) is 1. The van der Waals surface area contributed by atoms with E-state index < -0.39 is 18.0 Å². The fraction of sp³-hybridized carbons (Fsp3) is 0.231. The van der Waals surface area contributed by atoms with Crippen molar-refractivity contribution in [3.8, 4) is 5.75 Å². The predicted octanol–water partition coefficient (Wildman–Crippen LogP) is -2.49. The van der Waals surface area contributed by atoms with Crippen molar-refractivity contribution in [2.75, 3.05) is 7.11 Å². The van der Waals surface area contributed by atoms with Crippen molar-refractivity contribution in [3.63, 3.8) is 0 Å². The van der Waals surface area contributed by atoms with E-state index in [9.17, 15) is 19.8 Å². The molecule has 0 bridgehead atoms. The van der Waals surface area contributed by atoms with E-state index in [1.165, 1.54) is 32.2 Å². The average Bonchev–Trinajstić information content (AvgIpc) is 2.38. The molecule has 0 heterocycles. The number of carboxylic acid groups (broad SMARTS) is 1. The molecule has 0 aromatic heterocycles. The van der Waals surface area contributed by atoms with Crippen LogP contribution in [0, 0.1) is 0 Å². The fourth-order valence-electron chi connectivity index (χ4n) is 1.49. The molecule has 1 atom stereocenters. The number of hydrogen-bond acceptors (Lipinski definition) is 6. The molecular formula is C13H13ClNNaO5. The summed E-state index contributed by atoms with van der Waals surface area (Å²) in [7, 11) is 1.21. The van der Waals surface area contributed by atoms with Gasteiger partial charge >= 0.3 is 35.5 Å². The molecule has 0 spiro atoms. The van der Waals surface area contributed by atoms with Gasteiger partial charge in [0.1, 0.15) is 5.75 Å². The molecule has 0 fully saturated rings. The molecule has 2 N–H and O–H groups in total. The van der Waals surface area contributed by atoms with Crippen LogP contribution in [-0.2, 0) is 14.3 Å². The zero-order chi connectivity index (χ0) is 15.3. The van der Waals surface area contributed by atoms with E-state index in [0.717, 1.165) is 6.08 Å². The molecule has 1 unspecified atom stereocenters. The van der Waals surface area contributed by atoms with Crippen molar-refractivity contribution in [2.45, 2.75) is 13.0 Å². The van der Waals surface area contributed by atoms with Crippen molar-refractivity contribution in [3.05, 3.63) is 40.6 Å². The zero-order valence-corrected chi connectivity index (χ0v) is 14.6.